The minimum atomic E-state index is -0.572. The Morgan fingerprint density at radius 1 is 0.889 bits per heavy atom. The van der Waals surface area contributed by atoms with Crippen molar-refractivity contribution in [1.82, 2.24) is 0 Å². The zero-order chi connectivity index (χ0) is 19.1. The Morgan fingerprint density at radius 2 is 1.48 bits per heavy atom. The summed E-state index contributed by atoms with van der Waals surface area (Å²) >= 11 is 1.47. The molecule has 0 aliphatic carbocycles. The van der Waals surface area contributed by atoms with Crippen LogP contribution in [-0.4, -0.2) is 18.2 Å². The van der Waals surface area contributed by atoms with Gasteiger partial charge < -0.3 is 9.47 Å². The van der Waals surface area contributed by atoms with E-state index in [0.717, 1.165) is 5.06 Å². The third-order valence-corrected chi connectivity index (χ3v) is 4.41. The SMILES string of the molecule is C#CCCOc1ccc(C(=O)C(=O)c2ccc(Oc3cccs3)cc2)cc1. The highest BCUT2D eigenvalue weighted by atomic mass is 32.1. The number of carbonyl (C=O) groups excluding carboxylic acids is 2. The van der Waals surface area contributed by atoms with Gasteiger partial charge in [0, 0.05) is 17.5 Å². The molecule has 0 aliphatic rings. The van der Waals surface area contributed by atoms with E-state index in [2.05, 4.69) is 5.92 Å². The molecule has 0 N–H and O–H groups in total. The van der Waals surface area contributed by atoms with Crippen molar-refractivity contribution in [3.8, 4) is 28.9 Å². The lowest BCUT2D eigenvalue weighted by atomic mass is 10.0. The molecule has 134 valence electrons. The van der Waals surface area contributed by atoms with E-state index >= 15 is 0 Å². The molecule has 4 nitrogen and oxygen atoms in total. The fraction of sp³-hybridized carbons (Fsp3) is 0.0909. The van der Waals surface area contributed by atoms with Crippen molar-refractivity contribution in [2.75, 3.05) is 6.61 Å². The van der Waals surface area contributed by atoms with Gasteiger partial charge in [-0.3, -0.25) is 9.59 Å². The fourth-order valence-corrected chi connectivity index (χ4v) is 2.90. The van der Waals surface area contributed by atoms with Crippen LogP contribution in [0, 0.1) is 12.3 Å². The molecule has 1 heterocycles. The van der Waals surface area contributed by atoms with Crippen LogP contribution in [0.2, 0.25) is 0 Å². The van der Waals surface area contributed by atoms with Crippen LogP contribution in [0.5, 0.6) is 16.6 Å². The summed E-state index contributed by atoms with van der Waals surface area (Å²) in [7, 11) is 0. The van der Waals surface area contributed by atoms with Crippen molar-refractivity contribution in [2.24, 2.45) is 0 Å². The lowest BCUT2D eigenvalue weighted by molar-refractivity contribution is 0.0817. The number of ether oxygens (including phenoxy) is 2. The molecule has 0 unspecified atom stereocenters. The second kappa shape index (κ2) is 8.84. The molecule has 5 heteroatoms. The van der Waals surface area contributed by atoms with Gasteiger partial charge in [-0.05, 0) is 66.0 Å². The van der Waals surface area contributed by atoms with E-state index < -0.39 is 11.6 Å². The van der Waals surface area contributed by atoms with Crippen LogP contribution < -0.4 is 9.47 Å². The number of thiophene rings is 1. The second-order valence-corrected chi connectivity index (χ2v) is 6.45. The number of hydrogen-bond acceptors (Lipinski definition) is 5. The molecular formula is C22H16O4S. The maximum absolute atomic E-state index is 12.4. The molecular weight excluding hydrogens is 360 g/mol. The molecule has 0 radical (unpaired) electrons. The first-order valence-corrected chi connectivity index (χ1v) is 9.12. The molecule has 0 atom stereocenters. The van der Waals surface area contributed by atoms with Gasteiger partial charge in [-0.25, -0.2) is 0 Å². The Balaban J connectivity index is 1.64. The van der Waals surface area contributed by atoms with Crippen molar-refractivity contribution < 1.29 is 19.1 Å². The number of terminal acetylenes is 1. The Morgan fingerprint density at radius 3 is 2.00 bits per heavy atom. The van der Waals surface area contributed by atoms with E-state index in [1.165, 1.54) is 11.3 Å². The lowest BCUT2D eigenvalue weighted by Crippen LogP contribution is -2.14. The van der Waals surface area contributed by atoms with Crippen LogP contribution in [0.3, 0.4) is 0 Å². The average Bonchev–Trinajstić information content (AvgIpc) is 3.21. The third-order valence-electron chi connectivity index (χ3n) is 3.67. The van der Waals surface area contributed by atoms with Gasteiger partial charge >= 0.3 is 0 Å². The van der Waals surface area contributed by atoms with Gasteiger partial charge in [0.1, 0.15) is 11.5 Å². The summed E-state index contributed by atoms with van der Waals surface area (Å²) in [5, 5.41) is 2.67. The smallest absolute Gasteiger partial charge is 0.233 e. The van der Waals surface area contributed by atoms with Crippen LogP contribution >= 0.6 is 11.3 Å². The maximum atomic E-state index is 12.4. The first kappa shape index (κ1) is 18.4. The molecule has 0 bridgehead atoms. The molecule has 0 amide bonds. The molecule has 0 saturated carbocycles. The first-order chi connectivity index (χ1) is 13.2. The summed E-state index contributed by atoms with van der Waals surface area (Å²) < 4.78 is 11.1. The standard InChI is InChI=1S/C22H16O4S/c1-2-3-14-25-18-10-6-16(7-11-18)21(23)22(24)17-8-12-19(13-9-17)26-20-5-4-15-27-20/h1,4-13,15H,3,14H2. The molecule has 0 aliphatic heterocycles. The predicted octanol–water partition coefficient (Wildman–Crippen LogP) is 5.01. The number of Topliss-reactive ketones (excluding diaryl/α,β-unsaturated/α-hetero) is 2. The van der Waals surface area contributed by atoms with E-state index in [4.69, 9.17) is 15.9 Å². The number of benzene rings is 2. The molecule has 0 spiro atoms. The number of rotatable bonds is 8. The van der Waals surface area contributed by atoms with E-state index in [1.54, 1.807) is 48.5 Å². The highest BCUT2D eigenvalue weighted by Gasteiger charge is 2.18. The van der Waals surface area contributed by atoms with Crippen LogP contribution in [0.4, 0.5) is 0 Å². The van der Waals surface area contributed by atoms with Crippen LogP contribution in [0.25, 0.3) is 0 Å². The van der Waals surface area contributed by atoms with Gasteiger partial charge in [0.2, 0.25) is 11.6 Å². The number of carbonyl (C=O) groups is 2. The van der Waals surface area contributed by atoms with E-state index in [1.807, 2.05) is 17.5 Å². The van der Waals surface area contributed by atoms with Crippen molar-refractivity contribution in [1.29, 1.82) is 0 Å². The van der Waals surface area contributed by atoms with Gasteiger partial charge in [0.25, 0.3) is 0 Å². The van der Waals surface area contributed by atoms with Crippen LogP contribution in [-0.2, 0) is 0 Å². The largest absolute Gasteiger partial charge is 0.493 e. The van der Waals surface area contributed by atoms with E-state index in [9.17, 15) is 9.59 Å². The Hall–Kier alpha value is -3.36. The minimum Gasteiger partial charge on any atom is -0.493 e. The molecule has 2 aromatic carbocycles. The molecule has 0 saturated heterocycles. The normalized spacial score (nSPS) is 10.0. The Bertz CT molecular complexity index is 949. The Kier molecular flexibility index (Phi) is 6.03. The molecule has 3 aromatic rings. The highest BCUT2D eigenvalue weighted by Crippen LogP contribution is 2.26. The van der Waals surface area contributed by atoms with Crippen molar-refractivity contribution >= 4 is 22.9 Å². The van der Waals surface area contributed by atoms with Crippen molar-refractivity contribution in [3.05, 3.63) is 77.2 Å². The average molecular weight is 376 g/mol. The molecule has 27 heavy (non-hydrogen) atoms. The summed E-state index contributed by atoms with van der Waals surface area (Å²) in [6.07, 6.45) is 5.67. The van der Waals surface area contributed by atoms with Gasteiger partial charge in [-0.1, -0.05) is 0 Å². The van der Waals surface area contributed by atoms with Gasteiger partial charge in [-0.2, -0.15) is 0 Å². The zero-order valence-corrected chi connectivity index (χ0v) is 15.2. The highest BCUT2D eigenvalue weighted by molar-refractivity contribution is 7.11. The zero-order valence-electron chi connectivity index (χ0n) is 14.4. The lowest BCUT2D eigenvalue weighted by Gasteiger charge is -2.06. The van der Waals surface area contributed by atoms with E-state index in [-0.39, 0.29) is 0 Å². The van der Waals surface area contributed by atoms with Gasteiger partial charge in [0.05, 0.1) is 6.61 Å². The summed E-state index contributed by atoms with van der Waals surface area (Å²) in [6.45, 7) is 0.405. The van der Waals surface area contributed by atoms with Crippen molar-refractivity contribution in [2.45, 2.75) is 6.42 Å². The quantitative estimate of drug-likeness (QED) is 0.240. The number of ketones is 2. The minimum absolute atomic E-state index is 0.309. The maximum Gasteiger partial charge on any atom is 0.233 e. The van der Waals surface area contributed by atoms with Gasteiger partial charge in [0.15, 0.2) is 5.06 Å². The van der Waals surface area contributed by atoms with E-state index in [0.29, 0.717) is 35.7 Å². The monoisotopic (exact) mass is 376 g/mol. The molecule has 0 fully saturated rings. The summed E-state index contributed by atoms with van der Waals surface area (Å²) in [4.78, 5) is 24.8. The first-order valence-electron chi connectivity index (χ1n) is 8.24. The summed E-state index contributed by atoms with van der Waals surface area (Å²) in [5.74, 6) is 2.55. The number of hydrogen-bond donors (Lipinski definition) is 0. The Labute approximate surface area is 161 Å². The van der Waals surface area contributed by atoms with Crippen LogP contribution in [0.15, 0.2) is 66.0 Å². The fourth-order valence-electron chi connectivity index (χ4n) is 2.30. The predicted molar refractivity (Wildman–Crippen MR) is 105 cm³/mol. The second-order valence-electron chi connectivity index (χ2n) is 5.54. The van der Waals surface area contributed by atoms with Gasteiger partial charge in [-0.15, -0.1) is 23.7 Å². The molecule has 1 aromatic heterocycles. The third kappa shape index (κ3) is 4.84. The van der Waals surface area contributed by atoms with Crippen LogP contribution in [0.1, 0.15) is 27.1 Å². The molecule has 3 rings (SSSR count). The summed E-state index contributed by atoms with van der Waals surface area (Å²) in [6, 6.07) is 16.7. The van der Waals surface area contributed by atoms with Crippen molar-refractivity contribution in [3.63, 3.8) is 0 Å². The topological polar surface area (TPSA) is 52.6 Å². The summed E-state index contributed by atoms with van der Waals surface area (Å²) in [5.41, 5.74) is 0.621.